The molecule has 0 heterocycles. The maximum Gasteiger partial charge on any atom is 0.264 e. The summed E-state index contributed by atoms with van der Waals surface area (Å²) in [6.45, 7) is 6.93. The minimum Gasteiger partial charge on any atom is -0.352 e. The average molecular weight is 591 g/mol. The minimum atomic E-state index is -4.23. The number of benzene rings is 3. The summed E-state index contributed by atoms with van der Waals surface area (Å²) >= 11 is 12.6. The molecule has 0 aromatic heterocycles. The number of hydrogen-bond donors (Lipinski definition) is 1. The number of rotatable bonds is 11. The van der Waals surface area contributed by atoms with E-state index >= 15 is 0 Å². The van der Waals surface area contributed by atoms with Crippen molar-refractivity contribution in [3.05, 3.63) is 94.0 Å². The monoisotopic (exact) mass is 589 g/mol. The summed E-state index contributed by atoms with van der Waals surface area (Å²) in [6.07, 6.45) is 0.723. The van der Waals surface area contributed by atoms with E-state index in [0.29, 0.717) is 0 Å². The number of halogens is 2. The van der Waals surface area contributed by atoms with Gasteiger partial charge in [-0.15, -0.1) is 0 Å². The van der Waals surface area contributed by atoms with E-state index in [4.69, 9.17) is 23.2 Å². The molecule has 7 nitrogen and oxygen atoms in total. The summed E-state index contributed by atoms with van der Waals surface area (Å²) in [6, 6.07) is 18.8. The lowest BCUT2D eigenvalue weighted by Gasteiger charge is -2.32. The van der Waals surface area contributed by atoms with E-state index in [2.05, 4.69) is 5.32 Å². The van der Waals surface area contributed by atoms with Crippen molar-refractivity contribution < 1.29 is 18.0 Å². The van der Waals surface area contributed by atoms with Crippen molar-refractivity contribution in [2.45, 2.75) is 57.6 Å². The predicted octanol–water partition coefficient (Wildman–Crippen LogP) is 5.83. The molecule has 3 aromatic carbocycles. The molecule has 10 heteroatoms. The maximum atomic E-state index is 13.9. The van der Waals surface area contributed by atoms with Crippen LogP contribution in [-0.4, -0.2) is 43.8 Å². The highest BCUT2D eigenvalue weighted by molar-refractivity contribution is 7.92. The summed E-state index contributed by atoms with van der Waals surface area (Å²) in [7, 11) is -4.23. The van der Waals surface area contributed by atoms with Gasteiger partial charge in [-0.25, -0.2) is 8.42 Å². The molecule has 0 saturated carbocycles. The van der Waals surface area contributed by atoms with Gasteiger partial charge >= 0.3 is 0 Å². The average Bonchev–Trinajstić information content (AvgIpc) is 2.92. The lowest BCUT2D eigenvalue weighted by molar-refractivity contribution is -0.139. The Morgan fingerprint density at radius 1 is 0.949 bits per heavy atom. The highest BCUT2D eigenvalue weighted by atomic mass is 35.5. The zero-order valence-electron chi connectivity index (χ0n) is 22.4. The third kappa shape index (κ3) is 7.75. The Balaban J connectivity index is 2.05. The van der Waals surface area contributed by atoms with E-state index < -0.39 is 28.5 Å². The molecule has 0 spiro atoms. The van der Waals surface area contributed by atoms with Gasteiger partial charge in [0.25, 0.3) is 10.0 Å². The van der Waals surface area contributed by atoms with E-state index in [-0.39, 0.29) is 39.1 Å². The van der Waals surface area contributed by atoms with E-state index in [9.17, 15) is 18.0 Å². The summed E-state index contributed by atoms with van der Waals surface area (Å²) in [5.41, 5.74) is 1.92. The fourth-order valence-electron chi connectivity index (χ4n) is 3.85. The van der Waals surface area contributed by atoms with Gasteiger partial charge in [0.2, 0.25) is 11.8 Å². The molecule has 0 fully saturated rings. The van der Waals surface area contributed by atoms with Crippen LogP contribution in [0.25, 0.3) is 0 Å². The van der Waals surface area contributed by atoms with Crippen LogP contribution < -0.4 is 9.62 Å². The Labute approximate surface area is 240 Å². The molecule has 0 radical (unpaired) electrons. The third-order valence-corrected chi connectivity index (χ3v) is 8.76. The van der Waals surface area contributed by atoms with Crippen LogP contribution in [-0.2, 0) is 26.2 Å². The van der Waals surface area contributed by atoms with Gasteiger partial charge in [0, 0.05) is 17.6 Å². The molecule has 39 heavy (non-hydrogen) atoms. The van der Waals surface area contributed by atoms with Crippen LogP contribution in [0.3, 0.4) is 0 Å². The lowest BCUT2D eigenvalue weighted by atomic mass is 10.1. The highest BCUT2D eigenvalue weighted by Gasteiger charge is 2.33. The molecule has 2 atom stereocenters. The van der Waals surface area contributed by atoms with E-state index in [0.717, 1.165) is 21.9 Å². The molecule has 0 bridgehead atoms. The largest absolute Gasteiger partial charge is 0.352 e. The normalized spacial score (nSPS) is 12.9. The van der Waals surface area contributed by atoms with Gasteiger partial charge in [0.15, 0.2) is 0 Å². The van der Waals surface area contributed by atoms with Gasteiger partial charge in [0.1, 0.15) is 12.6 Å². The first-order chi connectivity index (χ1) is 18.4. The number of carbonyl (C=O) groups is 2. The van der Waals surface area contributed by atoms with Gasteiger partial charge in [-0.2, -0.15) is 0 Å². The van der Waals surface area contributed by atoms with Crippen LogP contribution in [0.4, 0.5) is 5.69 Å². The van der Waals surface area contributed by atoms with Crippen LogP contribution in [0.2, 0.25) is 10.0 Å². The van der Waals surface area contributed by atoms with Crippen molar-refractivity contribution in [1.82, 2.24) is 10.2 Å². The standard InChI is InChI=1S/C29H33Cl2N3O4S/c1-5-21(3)32-29(36)22(4)33(18-23-13-11-20(2)12-14-23)28(35)19-34(27-17-24(30)15-16-26(27)31)39(37,38)25-9-7-6-8-10-25/h6-17,21-22H,5,18-19H2,1-4H3,(H,32,36)/t21-,22-/m1/s1. The zero-order chi connectivity index (χ0) is 28.7. The molecule has 0 aliphatic rings. The molecule has 1 N–H and O–H groups in total. The van der Waals surface area contributed by atoms with E-state index in [1.165, 1.54) is 35.2 Å². The molecular weight excluding hydrogens is 557 g/mol. The van der Waals surface area contributed by atoms with Crippen molar-refractivity contribution in [3.8, 4) is 0 Å². The van der Waals surface area contributed by atoms with Crippen LogP contribution in [0, 0.1) is 6.92 Å². The van der Waals surface area contributed by atoms with Crippen LogP contribution in [0.15, 0.2) is 77.7 Å². The first-order valence-corrected chi connectivity index (χ1v) is 14.8. The van der Waals surface area contributed by atoms with Crippen molar-refractivity contribution in [3.63, 3.8) is 0 Å². The fraction of sp³-hybridized carbons (Fsp3) is 0.310. The first kappa shape index (κ1) is 30.5. The number of nitrogens with one attached hydrogen (secondary N) is 1. The van der Waals surface area contributed by atoms with Crippen molar-refractivity contribution in [2.24, 2.45) is 0 Å². The van der Waals surface area contributed by atoms with Crippen molar-refractivity contribution in [2.75, 3.05) is 10.8 Å². The number of aryl methyl sites for hydroxylation is 1. The fourth-order valence-corrected chi connectivity index (χ4v) is 5.73. The van der Waals surface area contributed by atoms with Gasteiger partial charge in [-0.3, -0.25) is 13.9 Å². The number of anilines is 1. The van der Waals surface area contributed by atoms with Crippen molar-refractivity contribution >= 4 is 50.7 Å². The van der Waals surface area contributed by atoms with Crippen molar-refractivity contribution in [1.29, 1.82) is 0 Å². The molecule has 0 saturated heterocycles. The molecular formula is C29H33Cl2N3O4S. The van der Waals surface area contributed by atoms with Crippen LogP contribution in [0.5, 0.6) is 0 Å². The lowest BCUT2D eigenvalue weighted by Crippen LogP contribution is -2.52. The molecule has 0 unspecified atom stereocenters. The Morgan fingerprint density at radius 2 is 1.59 bits per heavy atom. The summed E-state index contributed by atoms with van der Waals surface area (Å²) in [5.74, 6) is -0.902. The number of sulfonamides is 1. The predicted molar refractivity (Wildman–Crippen MR) is 157 cm³/mol. The maximum absolute atomic E-state index is 13.9. The molecule has 3 rings (SSSR count). The SMILES string of the molecule is CC[C@@H](C)NC(=O)[C@@H](C)N(Cc1ccc(C)cc1)C(=O)CN(c1cc(Cl)ccc1Cl)S(=O)(=O)c1ccccc1. The quantitative estimate of drug-likeness (QED) is 0.305. The second-order valence-electron chi connectivity index (χ2n) is 9.42. The minimum absolute atomic E-state index is 0.0125. The number of amides is 2. The molecule has 2 amide bonds. The van der Waals surface area contributed by atoms with Crippen LogP contribution >= 0.6 is 23.2 Å². The Morgan fingerprint density at radius 3 is 2.21 bits per heavy atom. The smallest absolute Gasteiger partial charge is 0.264 e. The second-order valence-corrected chi connectivity index (χ2v) is 12.1. The third-order valence-electron chi connectivity index (χ3n) is 6.43. The molecule has 0 aliphatic heterocycles. The first-order valence-electron chi connectivity index (χ1n) is 12.6. The second kappa shape index (κ2) is 13.3. The highest BCUT2D eigenvalue weighted by Crippen LogP contribution is 2.33. The summed E-state index contributed by atoms with van der Waals surface area (Å²) < 4.78 is 28.6. The number of nitrogens with zero attached hydrogens (tertiary/aromatic N) is 2. The van der Waals surface area contributed by atoms with Crippen LogP contribution in [0.1, 0.15) is 38.3 Å². The Kier molecular flexibility index (Phi) is 10.4. The van der Waals surface area contributed by atoms with Gasteiger partial charge in [0.05, 0.1) is 15.6 Å². The Bertz CT molecular complexity index is 1400. The number of carbonyl (C=O) groups excluding carboxylic acids is 2. The van der Waals surface area contributed by atoms with E-state index in [1.807, 2.05) is 45.0 Å². The van der Waals surface area contributed by atoms with Gasteiger partial charge in [-0.05, 0) is 63.1 Å². The van der Waals surface area contributed by atoms with Gasteiger partial charge < -0.3 is 10.2 Å². The topological polar surface area (TPSA) is 86.8 Å². The zero-order valence-corrected chi connectivity index (χ0v) is 24.7. The summed E-state index contributed by atoms with van der Waals surface area (Å²) in [4.78, 5) is 28.4. The molecule has 0 aliphatic carbocycles. The molecule has 3 aromatic rings. The van der Waals surface area contributed by atoms with E-state index in [1.54, 1.807) is 25.1 Å². The molecule has 208 valence electrons. The number of hydrogen-bond acceptors (Lipinski definition) is 4. The van der Waals surface area contributed by atoms with Gasteiger partial charge in [-0.1, -0.05) is 78.2 Å². The Hall–Kier alpha value is -3.07. The summed E-state index contributed by atoms with van der Waals surface area (Å²) in [5, 5.41) is 3.28.